The minimum absolute atomic E-state index is 0.0243. The van der Waals surface area contributed by atoms with Gasteiger partial charge in [0, 0.05) is 5.02 Å². The van der Waals surface area contributed by atoms with Gasteiger partial charge in [-0.25, -0.2) is 8.42 Å². The summed E-state index contributed by atoms with van der Waals surface area (Å²) in [4.78, 5) is 13.4. The number of rotatable bonds is 10. The fraction of sp³-hybridized carbons (Fsp3) is 0.321. The van der Waals surface area contributed by atoms with E-state index in [9.17, 15) is 13.2 Å². The largest absolute Gasteiger partial charge is 0.483 e. The lowest BCUT2D eigenvalue weighted by Gasteiger charge is -2.24. The predicted molar refractivity (Wildman–Crippen MR) is 142 cm³/mol. The molecule has 0 aliphatic carbocycles. The second kappa shape index (κ2) is 11.7. The summed E-state index contributed by atoms with van der Waals surface area (Å²) in [6.45, 7) is 7.71. The molecule has 3 rings (SSSR count). The van der Waals surface area contributed by atoms with Crippen LogP contribution in [0.3, 0.4) is 0 Å². The van der Waals surface area contributed by atoms with Gasteiger partial charge >= 0.3 is 0 Å². The maximum absolute atomic E-state index is 13.6. The highest BCUT2D eigenvalue weighted by atomic mass is 35.5. The fourth-order valence-corrected chi connectivity index (χ4v) is 5.29. The van der Waals surface area contributed by atoms with Gasteiger partial charge in [0.15, 0.2) is 6.61 Å². The third-order valence-electron chi connectivity index (χ3n) is 5.71. The van der Waals surface area contributed by atoms with Crippen molar-refractivity contribution < 1.29 is 17.9 Å². The highest BCUT2D eigenvalue weighted by Crippen LogP contribution is 2.29. The maximum atomic E-state index is 13.6. The van der Waals surface area contributed by atoms with E-state index >= 15 is 0 Å². The molecule has 186 valence electrons. The molecule has 0 atom stereocenters. The quantitative estimate of drug-likeness (QED) is 0.295. The predicted octanol–water partition coefficient (Wildman–Crippen LogP) is 6.92. The van der Waals surface area contributed by atoms with E-state index in [1.54, 1.807) is 12.1 Å². The lowest BCUT2D eigenvalue weighted by Crippen LogP contribution is -2.40. The van der Waals surface area contributed by atoms with Crippen molar-refractivity contribution in [2.24, 2.45) is 0 Å². The van der Waals surface area contributed by atoms with Gasteiger partial charge < -0.3 is 4.74 Å². The average Bonchev–Trinajstić information content (AvgIpc) is 2.82. The molecule has 0 aliphatic rings. The zero-order valence-electron chi connectivity index (χ0n) is 20.6. The smallest absolute Gasteiger partial charge is 0.278 e. The van der Waals surface area contributed by atoms with Crippen LogP contribution < -0.4 is 9.04 Å². The summed E-state index contributed by atoms with van der Waals surface area (Å²) < 4.78 is 33.9. The van der Waals surface area contributed by atoms with E-state index in [0.717, 1.165) is 40.3 Å². The van der Waals surface area contributed by atoms with Crippen molar-refractivity contribution in [3.8, 4) is 5.75 Å². The van der Waals surface area contributed by atoms with Crippen LogP contribution in [0.15, 0.2) is 71.6 Å². The number of benzene rings is 3. The average molecular weight is 514 g/mol. The Balaban J connectivity index is 1.96. The van der Waals surface area contributed by atoms with Crippen LogP contribution in [0.4, 0.5) is 5.69 Å². The third kappa shape index (κ3) is 6.65. The molecule has 0 bridgehead atoms. The van der Waals surface area contributed by atoms with Crippen LogP contribution in [-0.2, 0) is 21.2 Å². The number of unbranched alkanes of at least 4 members (excludes halogenated alkanes) is 1. The summed E-state index contributed by atoms with van der Waals surface area (Å²) in [5, 5.41) is 0.408. The summed E-state index contributed by atoms with van der Waals surface area (Å²) in [5.41, 5.74) is 3.30. The van der Waals surface area contributed by atoms with Crippen LogP contribution >= 0.6 is 11.6 Å². The minimum Gasteiger partial charge on any atom is -0.483 e. The zero-order valence-corrected chi connectivity index (χ0v) is 22.2. The molecule has 0 saturated heterocycles. The Morgan fingerprint density at radius 2 is 1.66 bits per heavy atom. The second-order valence-electron chi connectivity index (χ2n) is 8.87. The van der Waals surface area contributed by atoms with E-state index in [-0.39, 0.29) is 16.5 Å². The molecule has 1 amide bonds. The standard InChI is InChI=1S/C28H32ClNO4S/c1-5-6-7-22-9-13-24(14-10-22)30(35(32,33)25-15-11-23(29)12-16-25)28(31)19-34-27-18-21(4)8-17-26(27)20(2)3/h8-18,20H,5-7,19H2,1-4H3. The van der Waals surface area contributed by atoms with Crippen molar-refractivity contribution in [2.45, 2.75) is 57.8 Å². The molecule has 0 fully saturated rings. The number of hydrogen-bond acceptors (Lipinski definition) is 4. The fourth-order valence-electron chi connectivity index (χ4n) is 3.75. The summed E-state index contributed by atoms with van der Waals surface area (Å²) in [6.07, 6.45) is 2.99. The first-order valence-corrected chi connectivity index (χ1v) is 13.6. The molecule has 0 N–H and O–H groups in total. The molecule has 0 saturated carbocycles. The van der Waals surface area contributed by atoms with E-state index in [1.807, 2.05) is 51.1 Å². The van der Waals surface area contributed by atoms with Crippen LogP contribution in [0.5, 0.6) is 5.75 Å². The molecule has 3 aromatic carbocycles. The van der Waals surface area contributed by atoms with Crippen LogP contribution in [0, 0.1) is 6.92 Å². The molecule has 0 aliphatic heterocycles. The summed E-state index contributed by atoms with van der Waals surface area (Å²) in [5.74, 6) is 0.0786. The molecule has 7 heteroatoms. The SMILES string of the molecule is CCCCc1ccc(N(C(=O)COc2cc(C)ccc2C(C)C)S(=O)(=O)c2ccc(Cl)cc2)cc1. The first-order chi connectivity index (χ1) is 16.6. The molecular formula is C28H32ClNO4S. The van der Waals surface area contributed by atoms with E-state index in [2.05, 4.69) is 6.92 Å². The second-order valence-corrected chi connectivity index (χ2v) is 11.1. The van der Waals surface area contributed by atoms with Gasteiger partial charge in [0.1, 0.15) is 5.75 Å². The van der Waals surface area contributed by atoms with Gasteiger partial charge in [-0.05, 0) is 84.8 Å². The lowest BCUT2D eigenvalue weighted by atomic mass is 10.0. The molecule has 35 heavy (non-hydrogen) atoms. The maximum Gasteiger partial charge on any atom is 0.278 e. The Bertz CT molecular complexity index is 1250. The number of carbonyl (C=O) groups excluding carboxylic acids is 1. The number of anilines is 1. The highest BCUT2D eigenvalue weighted by molar-refractivity contribution is 7.93. The molecule has 0 unspecified atom stereocenters. The molecule has 3 aromatic rings. The number of carbonyl (C=O) groups is 1. The number of nitrogens with zero attached hydrogens (tertiary/aromatic N) is 1. The van der Waals surface area contributed by atoms with E-state index in [4.69, 9.17) is 16.3 Å². The normalized spacial score (nSPS) is 11.5. The van der Waals surface area contributed by atoms with Crippen LogP contribution in [-0.4, -0.2) is 20.9 Å². The van der Waals surface area contributed by atoms with E-state index in [0.29, 0.717) is 10.8 Å². The third-order valence-corrected chi connectivity index (χ3v) is 7.73. The van der Waals surface area contributed by atoms with Gasteiger partial charge in [0.2, 0.25) is 0 Å². The van der Waals surface area contributed by atoms with Crippen molar-refractivity contribution in [3.63, 3.8) is 0 Å². The molecule has 0 spiro atoms. The van der Waals surface area contributed by atoms with Gasteiger partial charge in [-0.15, -0.1) is 0 Å². The number of ether oxygens (including phenoxy) is 1. The van der Waals surface area contributed by atoms with Gasteiger partial charge in [-0.2, -0.15) is 4.31 Å². The first kappa shape index (κ1) is 26.8. The van der Waals surface area contributed by atoms with Crippen LogP contribution in [0.2, 0.25) is 5.02 Å². The molecular weight excluding hydrogens is 482 g/mol. The van der Waals surface area contributed by atoms with Crippen molar-refractivity contribution in [1.29, 1.82) is 0 Å². The molecule has 5 nitrogen and oxygen atoms in total. The lowest BCUT2D eigenvalue weighted by molar-refractivity contribution is -0.119. The number of aryl methyl sites for hydroxylation is 2. The van der Waals surface area contributed by atoms with Crippen molar-refractivity contribution in [3.05, 3.63) is 88.4 Å². The van der Waals surface area contributed by atoms with Gasteiger partial charge in [-0.1, -0.05) is 63.1 Å². The van der Waals surface area contributed by atoms with Crippen molar-refractivity contribution >= 4 is 33.2 Å². The summed E-state index contributed by atoms with van der Waals surface area (Å²) in [6, 6.07) is 18.7. The number of halogens is 1. The topological polar surface area (TPSA) is 63.7 Å². The van der Waals surface area contributed by atoms with Crippen molar-refractivity contribution in [2.75, 3.05) is 10.9 Å². The van der Waals surface area contributed by atoms with Gasteiger partial charge in [0.05, 0.1) is 10.6 Å². The Morgan fingerprint density at radius 1 is 1.00 bits per heavy atom. The Morgan fingerprint density at radius 3 is 2.26 bits per heavy atom. The Kier molecular flexibility index (Phi) is 8.98. The first-order valence-electron chi connectivity index (χ1n) is 11.8. The van der Waals surface area contributed by atoms with Crippen molar-refractivity contribution in [1.82, 2.24) is 0 Å². The van der Waals surface area contributed by atoms with Gasteiger partial charge in [-0.3, -0.25) is 4.79 Å². The highest BCUT2D eigenvalue weighted by Gasteiger charge is 2.31. The number of sulfonamides is 1. The Hall–Kier alpha value is -2.83. The molecule has 0 aromatic heterocycles. The summed E-state index contributed by atoms with van der Waals surface area (Å²) >= 11 is 5.96. The zero-order chi connectivity index (χ0) is 25.6. The molecule has 0 heterocycles. The summed E-state index contributed by atoms with van der Waals surface area (Å²) in [7, 11) is -4.19. The Labute approximate surface area is 213 Å². The number of amides is 1. The number of hydrogen-bond donors (Lipinski definition) is 0. The van der Waals surface area contributed by atoms with Gasteiger partial charge in [0.25, 0.3) is 15.9 Å². The van der Waals surface area contributed by atoms with E-state index in [1.165, 1.54) is 24.3 Å². The monoisotopic (exact) mass is 513 g/mol. The van der Waals surface area contributed by atoms with E-state index < -0.39 is 22.5 Å². The van der Waals surface area contributed by atoms with Crippen LogP contribution in [0.25, 0.3) is 0 Å². The van der Waals surface area contributed by atoms with Crippen LogP contribution in [0.1, 0.15) is 56.2 Å². The molecule has 0 radical (unpaired) electrons. The minimum atomic E-state index is -4.19.